The molecule has 11 heteroatoms. The number of amides is 1. The fraction of sp³-hybridized carbons (Fsp3) is 0. The summed E-state index contributed by atoms with van der Waals surface area (Å²) in [4.78, 5) is 21.7. The van der Waals surface area contributed by atoms with Gasteiger partial charge in [-0.1, -0.05) is 34.8 Å². The summed E-state index contributed by atoms with van der Waals surface area (Å²) in [6.07, 6.45) is 0. The highest BCUT2D eigenvalue weighted by molar-refractivity contribution is 7.90. The standard InChI is InChI=1S/C13H7Cl3N2O5S/c14-10-4-2-8(6-12(10)16)24(22,23)17-13(19)9-3-1-7(18(20)21)5-11(9)15/h1-6H,(H,17,19). The predicted octanol–water partition coefficient (Wildman–Crippen LogP) is 3.67. The highest BCUT2D eigenvalue weighted by Gasteiger charge is 2.22. The molecule has 24 heavy (non-hydrogen) atoms. The first-order valence-corrected chi connectivity index (χ1v) is 8.69. The molecule has 0 unspecified atom stereocenters. The molecule has 2 aromatic carbocycles. The third kappa shape index (κ3) is 3.96. The first-order valence-electron chi connectivity index (χ1n) is 6.08. The minimum atomic E-state index is -4.23. The fourth-order valence-electron chi connectivity index (χ4n) is 1.68. The van der Waals surface area contributed by atoms with Crippen molar-refractivity contribution >= 4 is 56.4 Å². The van der Waals surface area contributed by atoms with Crippen molar-refractivity contribution in [1.82, 2.24) is 4.72 Å². The van der Waals surface area contributed by atoms with E-state index < -0.39 is 20.9 Å². The quantitative estimate of drug-likeness (QED) is 0.612. The van der Waals surface area contributed by atoms with Crippen molar-refractivity contribution in [2.75, 3.05) is 0 Å². The molecule has 1 amide bonds. The third-order valence-electron chi connectivity index (χ3n) is 2.84. The van der Waals surface area contributed by atoms with E-state index >= 15 is 0 Å². The second-order valence-corrected chi connectivity index (χ2v) is 7.34. The Hall–Kier alpha value is -1.87. The number of non-ortho nitro benzene ring substituents is 1. The van der Waals surface area contributed by atoms with E-state index in [-0.39, 0.29) is 31.2 Å². The molecule has 0 saturated carbocycles. The number of nitro benzene ring substituents is 1. The largest absolute Gasteiger partial charge is 0.270 e. The molecule has 0 aliphatic rings. The van der Waals surface area contributed by atoms with Crippen molar-refractivity contribution in [3.05, 3.63) is 67.1 Å². The Morgan fingerprint density at radius 1 is 1.00 bits per heavy atom. The number of carbonyl (C=O) groups is 1. The van der Waals surface area contributed by atoms with E-state index in [1.807, 2.05) is 0 Å². The minimum absolute atomic E-state index is 0.000332. The Balaban J connectivity index is 2.31. The number of nitrogens with zero attached hydrogens (tertiary/aromatic N) is 1. The van der Waals surface area contributed by atoms with Crippen molar-refractivity contribution in [2.24, 2.45) is 0 Å². The Morgan fingerprint density at radius 2 is 1.67 bits per heavy atom. The summed E-state index contributed by atoms with van der Waals surface area (Å²) in [6, 6.07) is 6.55. The summed E-state index contributed by atoms with van der Waals surface area (Å²) in [5.74, 6) is -1.04. The van der Waals surface area contributed by atoms with Crippen molar-refractivity contribution in [1.29, 1.82) is 0 Å². The van der Waals surface area contributed by atoms with E-state index in [0.717, 1.165) is 24.3 Å². The summed E-state index contributed by atoms with van der Waals surface area (Å²) in [7, 11) is -4.23. The zero-order chi connectivity index (χ0) is 18.1. The molecule has 0 atom stereocenters. The minimum Gasteiger partial charge on any atom is -0.268 e. The lowest BCUT2D eigenvalue weighted by molar-refractivity contribution is -0.384. The molecule has 0 saturated heterocycles. The number of nitrogens with one attached hydrogen (secondary N) is 1. The summed E-state index contributed by atoms with van der Waals surface area (Å²) < 4.78 is 26.2. The lowest BCUT2D eigenvalue weighted by Gasteiger charge is -2.09. The average molecular weight is 410 g/mol. The van der Waals surface area contributed by atoms with Crippen LogP contribution >= 0.6 is 34.8 Å². The molecule has 126 valence electrons. The summed E-state index contributed by atoms with van der Waals surface area (Å²) >= 11 is 17.2. The second kappa shape index (κ2) is 6.94. The zero-order valence-electron chi connectivity index (χ0n) is 11.5. The number of halogens is 3. The molecule has 0 aliphatic carbocycles. The number of carbonyl (C=O) groups excluding carboxylic acids is 1. The summed E-state index contributed by atoms with van der Waals surface area (Å²) in [5.41, 5.74) is -0.560. The van der Waals surface area contributed by atoms with Crippen LogP contribution in [0.5, 0.6) is 0 Å². The van der Waals surface area contributed by atoms with Crippen molar-refractivity contribution in [2.45, 2.75) is 4.90 Å². The van der Waals surface area contributed by atoms with Crippen LogP contribution < -0.4 is 4.72 Å². The van der Waals surface area contributed by atoms with Gasteiger partial charge >= 0.3 is 0 Å². The average Bonchev–Trinajstić information content (AvgIpc) is 2.49. The van der Waals surface area contributed by atoms with E-state index in [4.69, 9.17) is 34.8 Å². The Morgan fingerprint density at radius 3 is 2.21 bits per heavy atom. The number of rotatable bonds is 4. The van der Waals surface area contributed by atoms with Crippen LogP contribution in [-0.4, -0.2) is 19.2 Å². The van der Waals surface area contributed by atoms with Crippen LogP contribution in [0.25, 0.3) is 0 Å². The monoisotopic (exact) mass is 408 g/mol. The molecule has 0 fully saturated rings. The van der Waals surface area contributed by atoms with E-state index in [9.17, 15) is 23.3 Å². The van der Waals surface area contributed by atoms with Gasteiger partial charge in [-0.3, -0.25) is 14.9 Å². The summed E-state index contributed by atoms with van der Waals surface area (Å²) in [5, 5.41) is 10.5. The normalized spacial score (nSPS) is 11.1. The molecule has 0 aliphatic heterocycles. The van der Waals surface area contributed by atoms with Gasteiger partial charge in [0, 0.05) is 12.1 Å². The molecule has 0 spiro atoms. The van der Waals surface area contributed by atoms with E-state index in [0.29, 0.717) is 0 Å². The molecular weight excluding hydrogens is 403 g/mol. The lowest BCUT2D eigenvalue weighted by Crippen LogP contribution is -2.30. The molecule has 2 aromatic rings. The molecule has 0 heterocycles. The first-order chi connectivity index (χ1) is 11.1. The van der Waals surface area contributed by atoms with Crippen molar-refractivity contribution < 1.29 is 18.1 Å². The molecule has 0 radical (unpaired) electrons. The Bertz CT molecular complexity index is 947. The maximum atomic E-state index is 12.2. The number of sulfonamides is 1. The number of hydrogen-bond donors (Lipinski definition) is 1. The van der Waals surface area contributed by atoms with Crippen LogP contribution in [0.4, 0.5) is 5.69 Å². The van der Waals surface area contributed by atoms with E-state index in [2.05, 4.69) is 0 Å². The van der Waals surface area contributed by atoms with Gasteiger partial charge in [0.2, 0.25) is 0 Å². The van der Waals surface area contributed by atoms with Gasteiger partial charge in [0.05, 0.1) is 30.5 Å². The van der Waals surface area contributed by atoms with Gasteiger partial charge in [-0.15, -0.1) is 0 Å². The van der Waals surface area contributed by atoms with Gasteiger partial charge in [-0.25, -0.2) is 13.1 Å². The van der Waals surface area contributed by atoms with Gasteiger partial charge in [0.1, 0.15) is 0 Å². The maximum absolute atomic E-state index is 12.2. The Labute approximate surface area is 151 Å². The number of benzene rings is 2. The predicted molar refractivity (Wildman–Crippen MR) is 89.2 cm³/mol. The number of nitro groups is 1. The molecule has 7 nitrogen and oxygen atoms in total. The molecule has 0 bridgehead atoms. The van der Waals surface area contributed by atoms with Gasteiger partial charge in [-0.05, 0) is 24.3 Å². The van der Waals surface area contributed by atoms with Crippen LogP contribution in [0.3, 0.4) is 0 Å². The molecule has 0 aromatic heterocycles. The van der Waals surface area contributed by atoms with Gasteiger partial charge < -0.3 is 0 Å². The lowest BCUT2D eigenvalue weighted by atomic mass is 10.2. The van der Waals surface area contributed by atoms with Gasteiger partial charge in [0.25, 0.3) is 21.6 Å². The van der Waals surface area contributed by atoms with Crippen LogP contribution in [0, 0.1) is 10.1 Å². The van der Waals surface area contributed by atoms with Crippen LogP contribution in [0.1, 0.15) is 10.4 Å². The van der Waals surface area contributed by atoms with Crippen molar-refractivity contribution in [3.8, 4) is 0 Å². The topological polar surface area (TPSA) is 106 Å². The fourth-order valence-corrected chi connectivity index (χ4v) is 3.30. The van der Waals surface area contributed by atoms with Crippen molar-refractivity contribution in [3.63, 3.8) is 0 Å². The highest BCUT2D eigenvalue weighted by atomic mass is 35.5. The first kappa shape index (κ1) is 18.5. The Kier molecular flexibility index (Phi) is 5.34. The van der Waals surface area contributed by atoms with E-state index in [1.165, 1.54) is 12.1 Å². The van der Waals surface area contributed by atoms with Crippen LogP contribution in [0.15, 0.2) is 41.3 Å². The van der Waals surface area contributed by atoms with Crippen LogP contribution in [0.2, 0.25) is 15.1 Å². The number of hydrogen-bond acceptors (Lipinski definition) is 5. The second-order valence-electron chi connectivity index (χ2n) is 4.43. The SMILES string of the molecule is O=C(NS(=O)(=O)c1ccc(Cl)c(Cl)c1)c1ccc([N+](=O)[O-])cc1Cl. The maximum Gasteiger partial charge on any atom is 0.270 e. The third-order valence-corrected chi connectivity index (χ3v) is 5.22. The zero-order valence-corrected chi connectivity index (χ0v) is 14.6. The molecule has 1 N–H and O–H groups in total. The van der Waals surface area contributed by atoms with Gasteiger partial charge in [-0.2, -0.15) is 0 Å². The van der Waals surface area contributed by atoms with E-state index in [1.54, 1.807) is 4.72 Å². The smallest absolute Gasteiger partial charge is 0.268 e. The highest BCUT2D eigenvalue weighted by Crippen LogP contribution is 2.26. The molecular formula is C13H7Cl3N2O5S. The molecule has 2 rings (SSSR count). The van der Waals surface area contributed by atoms with Gasteiger partial charge in [0.15, 0.2) is 0 Å². The van der Waals surface area contributed by atoms with Crippen LogP contribution in [-0.2, 0) is 10.0 Å². The summed E-state index contributed by atoms with van der Waals surface area (Å²) in [6.45, 7) is 0.